The maximum absolute atomic E-state index is 12.5. The molecule has 1 fully saturated rings. The lowest BCUT2D eigenvalue weighted by atomic mass is 9.97. The van der Waals surface area contributed by atoms with Gasteiger partial charge in [0.1, 0.15) is 0 Å². The van der Waals surface area contributed by atoms with E-state index in [0.717, 1.165) is 38.0 Å². The van der Waals surface area contributed by atoms with Crippen LogP contribution in [-0.2, 0) is 17.6 Å². The molecule has 1 aromatic carbocycles. The van der Waals surface area contributed by atoms with Crippen molar-refractivity contribution >= 4 is 5.91 Å². The lowest BCUT2D eigenvalue weighted by molar-refractivity contribution is -0.132. The van der Waals surface area contributed by atoms with Crippen molar-refractivity contribution in [1.82, 2.24) is 10.2 Å². The Labute approximate surface area is 135 Å². The third kappa shape index (κ3) is 5.13. The van der Waals surface area contributed by atoms with Crippen LogP contribution in [0.15, 0.2) is 24.3 Å². The third-order valence-electron chi connectivity index (χ3n) is 4.39. The van der Waals surface area contributed by atoms with E-state index >= 15 is 0 Å². The molecule has 0 aromatic heterocycles. The Hall–Kier alpha value is -1.35. The minimum Gasteiger partial charge on any atom is -0.342 e. The van der Waals surface area contributed by atoms with Crippen LogP contribution in [0.3, 0.4) is 0 Å². The lowest BCUT2D eigenvalue weighted by Gasteiger charge is -2.32. The van der Waals surface area contributed by atoms with Crippen molar-refractivity contribution in [1.29, 1.82) is 0 Å². The van der Waals surface area contributed by atoms with Crippen LogP contribution in [0.4, 0.5) is 0 Å². The number of hydrogen-bond donors (Lipinski definition) is 1. The molecule has 0 aliphatic carbocycles. The highest BCUT2D eigenvalue weighted by atomic mass is 16.2. The Morgan fingerprint density at radius 1 is 1.27 bits per heavy atom. The molecular weight excluding hydrogens is 272 g/mol. The van der Waals surface area contributed by atoms with Gasteiger partial charge in [0.05, 0.1) is 6.42 Å². The molecule has 1 aromatic rings. The second kappa shape index (κ2) is 8.33. The largest absolute Gasteiger partial charge is 0.342 e. The molecule has 1 aliphatic heterocycles. The first-order valence-corrected chi connectivity index (χ1v) is 8.58. The van der Waals surface area contributed by atoms with Gasteiger partial charge in [-0.05, 0) is 55.8 Å². The average Bonchev–Trinajstić information content (AvgIpc) is 2.49. The first kappa shape index (κ1) is 17.0. The van der Waals surface area contributed by atoms with Crippen LogP contribution in [0, 0.1) is 11.8 Å². The summed E-state index contributed by atoms with van der Waals surface area (Å²) in [4.78, 5) is 14.5. The lowest BCUT2D eigenvalue weighted by Crippen LogP contribution is -2.43. The minimum atomic E-state index is 0.275. The van der Waals surface area contributed by atoms with E-state index in [1.807, 2.05) is 11.9 Å². The summed E-state index contributed by atoms with van der Waals surface area (Å²) in [6.07, 6.45) is 4.00. The highest BCUT2D eigenvalue weighted by Gasteiger charge is 2.23. The molecule has 1 unspecified atom stereocenters. The Morgan fingerprint density at radius 2 is 1.95 bits per heavy atom. The molecule has 3 nitrogen and oxygen atoms in total. The summed E-state index contributed by atoms with van der Waals surface area (Å²) in [6.45, 7) is 7.30. The molecule has 122 valence electrons. The van der Waals surface area contributed by atoms with Crippen LogP contribution in [0.2, 0.25) is 0 Å². The standard InChI is InChI=1S/C19H30N2O/c1-15(2)11-16-6-8-17(9-7-16)12-19(22)21-10-4-5-18(14-21)13-20-3/h6-9,15,18,20H,4-5,10-14H2,1-3H3. The SMILES string of the molecule is CNCC1CCCN(C(=O)Cc2ccc(CC(C)C)cc2)C1. The maximum atomic E-state index is 12.5. The molecule has 0 radical (unpaired) electrons. The van der Waals surface area contributed by atoms with Crippen LogP contribution in [0.1, 0.15) is 37.8 Å². The van der Waals surface area contributed by atoms with E-state index < -0.39 is 0 Å². The molecule has 1 amide bonds. The predicted molar refractivity (Wildman–Crippen MR) is 91.9 cm³/mol. The molecule has 1 heterocycles. The molecule has 0 saturated carbocycles. The van der Waals surface area contributed by atoms with Gasteiger partial charge in [0.2, 0.25) is 5.91 Å². The van der Waals surface area contributed by atoms with E-state index in [4.69, 9.17) is 0 Å². The molecule has 1 atom stereocenters. The molecule has 1 aliphatic rings. The smallest absolute Gasteiger partial charge is 0.226 e. The Balaban J connectivity index is 1.88. The van der Waals surface area contributed by atoms with Gasteiger partial charge < -0.3 is 10.2 Å². The van der Waals surface area contributed by atoms with Crippen molar-refractivity contribution in [3.05, 3.63) is 35.4 Å². The van der Waals surface area contributed by atoms with Crippen LogP contribution in [-0.4, -0.2) is 37.5 Å². The van der Waals surface area contributed by atoms with Crippen LogP contribution in [0.25, 0.3) is 0 Å². The van der Waals surface area contributed by atoms with Crippen molar-refractivity contribution < 1.29 is 4.79 Å². The summed E-state index contributed by atoms with van der Waals surface area (Å²) in [5.74, 6) is 1.55. The summed E-state index contributed by atoms with van der Waals surface area (Å²) in [5.41, 5.74) is 2.49. The second-order valence-corrected chi connectivity index (χ2v) is 7.00. The zero-order chi connectivity index (χ0) is 15.9. The van der Waals surface area contributed by atoms with Gasteiger partial charge >= 0.3 is 0 Å². The Bertz CT molecular complexity index is 465. The zero-order valence-electron chi connectivity index (χ0n) is 14.3. The second-order valence-electron chi connectivity index (χ2n) is 7.00. The van der Waals surface area contributed by atoms with E-state index in [-0.39, 0.29) is 5.91 Å². The van der Waals surface area contributed by atoms with Crippen molar-refractivity contribution in [3.8, 4) is 0 Å². The van der Waals surface area contributed by atoms with Gasteiger partial charge in [-0.15, -0.1) is 0 Å². The van der Waals surface area contributed by atoms with E-state index in [2.05, 4.69) is 43.4 Å². The van der Waals surface area contributed by atoms with Crippen molar-refractivity contribution in [3.63, 3.8) is 0 Å². The summed E-state index contributed by atoms with van der Waals surface area (Å²) < 4.78 is 0. The number of likely N-dealkylation sites (tertiary alicyclic amines) is 1. The maximum Gasteiger partial charge on any atom is 0.226 e. The van der Waals surface area contributed by atoms with Gasteiger partial charge in [0.25, 0.3) is 0 Å². The number of carbonyl (C=O) groups is 1. The summed E-state index contributed by atoms with van der Waals surface area (Å²) in [7, 11) is 1.99. The highest BCUT2D eigenvalue weighted by molar-refractivity contribution is 5.78. The van der Waals surface area contributed by atoms with E-state index in [9.17, 15) is 4.79 Å². The predicted octanol–water partition coefficient (Wildman–Crippen LogP) is 2.89. The first-order chi connectivity index (χ1) is 10.6. The van der Waals surface area contributed by atoms with Gasteiger partial charge in [-0.2, -0.15) is 0 Å². The van der Waals surface area contributed by atoms with Gasteiger partial charge in [0, 0.05) is 13.1 Å². The molecule has 2 rings (SSSR count). The fraction of sp³-hybridized carbons (Fsp3) is 0.632. The van der Waals surface area contributed by atoms with Crippen LogP contribution in [0.5, 0.6) is 0 Å². The van der Waals surface area contributed by atoms with Crippen molar-refractivity contribution in [2.24, 2.45) is 11.8 Å². The molecule has 0 bridgehead atoms. The molecule has 3 heteroatoms. The highest BCUT2D eigenvalue weighted by Crippen LogP contribution is 2.17. The van der Waals surface area contributed by atoms with Gasteiger partial charge in [-0.3, -0.25) is 4.79 Å². The summed E-state index contributed by atoms with van der Waals surface area (Å²) >= 11 is 0. The monoisotopic (exact) mass is 302 g/mol. The average molecular weight is 302 g/mol. The van der Waals surface area contributed by atoms with Gasteiger partial charge in [-0.25, -0.2) is 0 Å². The van der Waals surface area contributed by atoms with E-state index in [1.54, 1.807) is 0 Å². The summed E-state index contributed by atoms with van der Waals surface area (Å²) in [6, 6.07) is 8.57. The number of piperidine rings is 1. The first-order valence-electron chi connectivity index (χ1n) is 8.58. The van der Waals surface area contributed by atoms with E-state index in [0.29, 0.717) is 18.3 Å². The quantitative estimate of drug-likeness (QED) is 0.876. The Morgan fingerprint density at radius 3 is 2.59 bits per heavy atom. The number of benzene rings is 1. The molecule has 22 heavy (non-hydrogen) atoms. The molecular formula is C19H30N2O. The fourth-order valence-electron chi connectivity index (χ4n) is 3.30. The fourth-order valence-corrected chi connectivity index (χ4v) is 3.30. The number of hydrogen-bond acceptors (Lipinski definition) is 2. The topological polar surface area (TPSA) is 32.3 Å². The van der Waals surface area contributed by atoms with Crippen molar-refractivity contribution in [2.75, 3.05) is 26.7 Å². The molecule has 1 saturated heterocycles. The van der Waals surface area contributed by atoms with E-state index in [1.165, 1.54) is 12.0 Å². The number of nitrogens with zero attached hydrogens (tertiary/aromatic N) is 1. The Kier molecular flexibility index (Phi) is 6.44. The minimum absolute atomic E-state index is 0.275. The van der Waals surface area contributed by atoms with Gasteiger partial charge in [0.15, 0.2) is 0 Å². The zero-order valence-corrected chi connectivity index (χ0v) is 14.3. The summed E-state index contributed by atoms with van der Waals surface area (Å²) in [5, 5.41) is 3.23. The molecule has 1 N–H and O–H groups in total. The molecule has 0 spiro atoms. The van der Waals surface area contributed by atoms with Crippen LogP contribution < -0.4 is 5.32 Å². The number of amides is 1. The number of rotatable bonds is 6. The normalized spacial score (nSPS) is 18.7. The number of nitrogens with one attached hydrogen (secondary N) is 1. The van der Waals surface area contributed by atoms with Crippen LogP contribution >= 0.6 is 0 Å². The van der Waals surface area contributed by atoms with Crippen molar-refractivity contribution in [2.45, 2.75) is 39.5 Å². The van der Waals surface area contributed by atoms with Gasteiger partial charge in [-0.1, -0.05) is 38.1 Å². The third-order valence-corrected chi connectivity index (χ3v) is 4.39. The number of carbonyl (C=O) groups excluding carboxylic acids is 1.